The molecule has 2 N–H and O–H groups in total. The van der Waals surface area contributed by atoms with E-state index >= 15 is 0 Å². The standard InChI is InChI=1S/C17H22N6O2/c24-14(23-7-4-17(2-3-17)5-8-23)10-18-16-22-21-15(25-16)12-9-11(12)13-1-6-19-20-13/h1,6,11-12H,2-5,7-10H2,(H,18,22)(H,19,20). The molecule has 0 bridgehead atoms. The second kappa shape index (κ2) is 5.57. The van der Waals surface area contributed by atoms with Gasteiger partial charge in [0, 0.05) is 36.8 Å². The highest BCUT2D eigenvalue weighted by molar-refractivity contribution is 5.80. The lowest BCUT2D eigenvalue weighted by molar-refractivity contribution is -0.130. The summed E-state index contributed by atoms with van der Waals surface area (Å²) >= 11 is 0. The van der Waals surface area contributed by atoms with Crippen molar-refractivity contribution in [2.45, 2.75) is 43.9 Å². The number of rotatable bonds is 5. The molecule has 1 amide bonds. The Morgan fingerprint density at radius 2 is 2.12 bits per heavy atom. The highest BCUT2D eigenvalue weighted by Crippen LogP contribution is 2.54. The van der Waals surface area contributed by atoms with Crippen LogP contribution in [-0.4, -0.2) is 50.8 Å². The molecule has 8 nitrogen and oxygen atoms in total. The highest BCUT2D eigenvalue weighted by Gasteiger charge is 2.45. The average Bonchev–Trinajstić information content (AvgIpc) is 3.46. The van der Waals surface area contributed by atoms with E-state index in [1.54, 1.807) is 6.20 Å². The summed E-state index contributed by atoms with van der Waals surface area (Å²) in [5, 5.41) is 18.1. The second-order valence-electron chi connectivity index (χ2n) is 7.64. The summed E-state index contributed by atoms with van der Waals surface area (Å²) in [6, 6.07) is 2.30. The molecule has 1 aliphatic heterocycles. The number of carbonyl (C=O) groups excluding carboxylic acids is 1. The van der Waals surface area contributed by atoms with Crippen LogP contribution in [0, 0.1) is 5.41 Å². The molecule has 3 fully saturated rings. The van der Waals surface area contributed by atoms with Gasteiger partial charge in [0.2, 0.25) is 11.8 Å². The summed E-state index contributed by atoms with van der Waals surface area (Å²) in [7, 11) is 0. The fourth-order valence-corrected chi connectivity index (χ4v) is 3.91. The molecular weight excluding hydrogens is 320 g/mol. The van der Waals surface area contributed by atoms with Crippen molar-refractivity contribution in [2.24, 2.45) is 5.41 Å². The monoisotopic (exact) mass is 342 g/mol. The lowest BCUT2D eigenvalue weighted by atomic mass is 9.94. The first-order valence-electron chi connectivity index (χ1n) is 9.07. The molecule has 2 unspecified atom stereocenters. The molecule has 2 aromatic rings. The molecule has 0 radical (unpaired) electrons. The van der Waals surface area contributed by atoms with Gasteiger partial charge < -0.3 is 14.6 Å². The van der Waals surface area contributed by atoms with Gasteiger partial charge in [-0.2, -0.15) is 5.10 Å². The minimum atomic E-state index is 0.108. The van der Waals surface area contributed by atoms with Crippen molar-refractivity contribution < 1.29 is 9.21 Å². The number of likely N-dealkylation sites (tertiary alicyclic amines) is 1. The van der Waals surface area contributed by atoms with E-state index in [1.165, 1.54) is 12.8 Å². The van der Waals surface area contributed by atoms with Gasteiger partial charge in [-0.25, -0.2) is 0 Å². The van der Waals surface area contributed by atoms with Crippen LogP contribution in [-0.2, 0) is 4.79 Å². The quantitative estimate of drug-likeness (QED) is 0.860. The lowest BCUT2D eigenvalue weighted by Gasteiger charge is -2.32. The Balaban J connectivity index is 1.12. The Morgan fingerprint density at radius 1 is 1.28 bits per heavy atom. The maximum absolute atomic E-state index is 12.3. The van der Waals surface area contributed by atoms with Crippen molar-refractivity contribution in [3.05, 3.63) is 23.8 Å². The van der Waals surface area contributed by atoms with Crippen molar-refractivity contribution in [2.75, 3.05) is 25.0 Å². The fraction of sp³-hybridized carbons (Fsp3) is 0.647. The molecule has 3 heterocycles. The van der Waals surface area contributed by atoms with Crippen LogP contribution >= 0.6 is 0 Å². The van der Waals surface area contributed by atoms with Crippen LogP contribution in [0.4, 0.5) is 6.01 Å². The zero-order valence-electron chi connectivity index (χ0n) is 14.1. The summed E-state index contributed by atoms with van der Waals surface area (Å²) in [4.78, 5) is 14.3. The van der Waals surface area contributed by atoms with Gasteiger partial charge in [0.05, 0.1) is 6.54 Å². The van der Waals surface area contributed by atoms with Crippen LogP contribution < -0.4 is 5.32 Å². The summed E-state index contributed by atoms with van der Waals surface area (Å²) < 4.78 is 5.68. The summed E-state index contributed by atoms with van der Waals surface area (Å²) in [6.07, 6.45) is 7.73. The van der Waals surface area contributed by atoms with Gasteiger partial charge in [-0.15, -0.1) is 5.10 Å². The van der Waals surface area contributed by atoms with E-state index in [2.05, 4.69) is 25.7 Å². The zero-order valence-corrected chi connectivity index (χ0v) is 14.1. The molecule has 2 aliphatic carbocycles. The van der Waals surface area contributed by atoms with Gasteiger partial charge in [0.1, 0.15) is 0 Å². The molecule has 5 rings (SSSR count). The van der Waals surface area contributed by atoms with Gasteiger partial charge in [-0.05, 0) is 43.6 Å². The van der Waals surface area contributed by atoms with Crippen molar-refractivity contribution in [3.63, 3.8) is 0 Å². The molecule has 1 spiro atoms. The third-order valence-electron chi connectivity index (χ3n) is 5.99. The number of nitrogens with one attached hydrogen (secondary N) is 2. The Labute approximate surface area is 145 Å². The largest absolute Gasteiger partial charge is 0.408 e. The molecule has 0 aromatic carbocycles. The van der Waals surface area contributed by atoms with E-state index < -0.39 is 0 Å². The Bertz CT molecular complexity index is 756. The van der Waals surface area contributed by atoms with Gasteiger partial charge in [0.25, 0.3) is 0 Å². The maximum atomic E-state index is 12.3. The zero-order chi connectivity index (χ0) is 16.9. The highest BCUT2D eigenvalue weighted by atomic mass is 16.4. The first kappa shape index (κ1) is 14.9. The predicted molar refractivity (Wildman–Crippen MR) is 89.0 cm³/mol. The third-order valence-corrected chi connectivity index (χ3v) is 5.99. The minimum absolute atomic E-state index is 0.108. The number of anilines is 1. The van der Waals surface area contributed by atoms with Crippen LogP contribution in [0.25, 0.3) is 0 Å². The smallest absolute Gasteiger partial charge is 0.315 e. The molecule has 2 saturated carbocycles. The number of aromatic nitrogens is 4. The van der Waals surface area contributed by atoms with E-state index in [9.17, 15) is 4.79 Å². The molecule has 1 saturated heterocycles. The van der Waals surface area contributed by atoms with Gasteiger partial charge in [0.15, 0.2) is 0 Å². The van der Waals surface area contributed by atoms with E-state index in [0.29, 0.717) is 23.2 Å². The first-order chi connectivity index (χ1) is 12.2. The normalized spacial score (nSPS) is 26.6. The average molecular weight is 342 g/mol. The van der Waals surface area contributed by atoms with E-state index in [4.69, 9.17) is 4.42 Å². The van der Waals surface area contributed by atoms with Crippen LogP contribution in [0.2, 0.25) is 0 Å². The summed E-state index contributed by atoms with van der Waals surface area (Å²) in [6.45, 7) is 1.97. The molecule has 3 aliphatic rings. The number of nitrogens with zero attached hydrogens (tertiary/aromatic N) is 4. The number of hydrogen-bond acceptors (Lipinski definition) is 6. The van der Waals surface area contributed by atoms with Crippen LogP contribution in [0.5, 0.6) is 0 Å². The topological polar surface area (TPSA) is 99.9 Å². The van der Waals surface area contributed by atoms with E-state index in [-0.39, 0.29) is 18.4 Å². The molecule has 8 heteroatoms. The number of amides is 1. The number of H-pyrrole nitrogens is 1. The SMILES string of the molecule is O=C(CNc1nnc(C2CC2c2ccn[nH]2)o1)N1CCC2(CC1)CC2. The maximum Gasteiger partial charge on any atom is 0.315 e. The van der Waals surface area contributed by atoms with Crippen LogP contribution in [0.15, 0.2) is 16.7 Å². The van der Waals surface area contributed by atoms with Crippen molar-refractivity contribution in [1.82, 2.24) is 25.3 Å². The fourth-order valence-electron chi connectivity index (χ4n) is 3.91. The molecule has 2 aromatic heterocycles. The van der Waals surface area contributed by atoms with Crippen LogP contribution in [0.3, 0.4) is 0 Å². The number of aromatic amines is 1. The number of hydrogen-bond donors (Lipinski definition) is 2. The van der Waals surface area contributed by atoms with Crippen LogP contribution in [0.1, 0.15) is 55.5 Å². The van der Waals surface area contributed by atoms with E-state index in [0.717, 1.165) is 38.0 Å². The third kappa shape index (κ3) is 2.89. The van der Waals surface area contributed by atoms with Crippen molar-refractivity contribution >= 4 is 11.9 Å². The Hall–Kier alpha value is -2.38. The Kier molecular flexibility index (Phi) is 3.33. The van der Waals surface area contributed by atoms with Gasteiger partial charge in [-0.1, -0.05) is 5.10 Å². The Morgan fingerprint density at radius 3 is 2.84 bits per heavy atom. The summed E-state index contributed by atoms with van der Waals surface area (Å²) in [5.41, 5.74) is 1.69. The number of piperidine rings is 1. The van der Waals surface area contributed by atoms with Crippen molar-refractivity contribution in [3.8, 4) is 0 Å². The first-order valence-corrected chi connectivity index (χ1v) is 9.07. The lowest BCUT2D eigenvalue weighted by Crippen LogP contribution is -2.41. The van der Waals surface area contributed by atoms with E-state index in [1.807, 2.05) is 11.0 Å². The molecule has 132 valence electrons. The minimum Gasteiger partial charge on any atom is -0.408 e. The summed E-state index contributed by atoms with van der Waals surface area (Å²) in [5.74, 6) is 1.36. The molecule has 2 atom stereocenters. The van der Waals surface area contributed by atoms with Crippen molar-refractivity contribution in [1.29, 1.82) is 0 Å². The number of carbonyl (C=O) groups is 1. The van der Waals surface area contributed by atoms with Gasteiger partial charge >= 0.3 is 6.01 Å². The molecule has 25 heavy (non-hydrogen) atoms. The predicted octanol–water partition coefficient (Wildman–Crippen LogP) is 1.88. The second-order valence-corrected chi connectivity index (χ2v) is 7.64. The van der Waals surface area contributed by atoms with Gasteiger partial charge in [-0.3, -0.25) is 9.89 Å². The molecular formula is C17H22N6O2.